The largest absolute Gasteiger partial charge is 0.462 e. The minimum absolute atomic E-state index is 0.00743. The SMILES string of the molecule is C=C(C)[C@@H]1CC[C@]2(C=O)CC[C@]3(C)[C@H](CC[C@H]4[C@@]5(C)CC[C@H](OC(C)=O)C(C)(C)[C@@H]5CC[C@]43C)[C@@H]12. The molecule has 0 N–H and O–H groups in total. The summed E-state index contributed by atoms with van der Waals surface area (Å²) in [6.07, 6.45) is 13.1. The van der Waals surface area contributed by atoms with Crippen molar-refractivity contribution in [3.63, 3.8) is 0 Å². The zero-order valence-electron chi connectivity index (χ0n) is 23.5. The van der Waals surface area contributed by atoms with Crippen LogP contribution in [0.3, 0.4) is 0 Å². The maximum Gasteiger partial charge on any atom is 0.302 e. The zero-order chi connectivity index (χ0) is 25.6. The maximum atomic E-state index is 12.6. The van der Waals surface area contributed by atoms with Crippen molar-refractivity contribution in [2.75, 3.05) is 0 Å². The van der Waals surface area contributed by atoms with Crippen molar-refractivity contribution in [3.05, 3.63) is 12.2 Å². The van der Waals surface area contributed by atoms with Crippen LogP contribution in [-0.4, -0.2) is 18.4 Å². The Bertz CT molecular complexity index is 920. The number of hydrogen-bond acceptors (Lipinski definition) is 3. The van der Waals surface area contributed by atoms with E-state index >= 15 is 0 Å². The summed E-state index contributed by atoms with van der Waals surface area (Å²) >= 11 is 0. The first-order valence-corrected chi connectivity index (χ1v) is 14.6. The normalized spacial score (nSPS) is 52.3. The summed E-state index contributed by atoms with van der Waals surface area (Å²) in [6.45, 7) is 20.8. The molecule has 0 bridgehead atoms. The number of rotatable bonds is 3. The topological polar surface area (TPSA) is 43.4 Å². The Labute approximate surface area is 214 Å². The van der Waals surface area contributed by atoms with Crippen LogP contribution in [0.1, 0.15) is 113 Å². The molecule has 35 heavy (non-hydrogen) atoms. The van der Waals surface area contributed by atoms with Crippen molar-refractivity contribution >= 4 is 12.3 Å². The molecule has 0 aromatic carbocycles. The van der Waals surface area contributed by atoms with Gasteiger partial charge < -0.3 is 9.53 Å². The summed E-state index contributed by atoms with van der Waals surface area (Å²) in [5, 5.41) is 0. The van der Waals surface area contributed by atoms with E-state index in [1.54, 1.807) is 6.92 Å². The molecule has 3 nitrogen and oxygen atoms in total. The number of fused-ring (bicyclic) bond motifs is 7. The third-order valence-electron chi connectivity index (χ3n) is 13.6. The zero-order valence-corrected chi connectivity index (χ0v) is 23.5. The van der Waals surface area contributed by atoms with Crippen LogP contribution in [0.4, 0.5) is 0 Å². The van der Waals surface area contributed by atoms with Crippen LogP contribution < -0.4 is 0 Å². The van der Waals surface area contributed by atoms with Gasteiger partial charge in [0.15, 0.2) is 0 Å². The van der Waals surface area contributed by atoms with Gasteiger partial charge in [0.1, 0.15) is 12.4 Å². The Hall–Kier alpha value is -1.12. The van der Waals surface area contributed by atoms with Crippen molar-refractivity contribution in [1.82, 2.24) is 0 Å². The number of esters is 1. The van der Waals surface area contributed by atoms with Crippen LogP contribution in [0.2, 0.25) is 0 Å². The molecule has 5 aliphatic rings. The average molecular weight is 483 g/mol. The van der Waals surface area contributed by atoms with Crippen molar-refractivity contribution in [1.29, 1.82) is 0 Å². The summed E-state index contributed by atoms with van der Waals surface area (Å²) in [4.78, 5) is 24.5. The number of allylic oxidation sites excluding steroid dienone is 1. The second-order valence-corrected chi connectivity index (χ2v) is 15.0. The van der Waals surface area contributed by atoms with E-state index in [1.165, 1.54) is 44.0 Å². The van der Waals surface area contributed by atoms with E-state index in [2.05, 4.69) is 48.1 Å². The molecule has 0 unspecified atom stereocenters. The van der Waals surface area contributed by atoms with E-state index in [1.807, 2.05) is 0 Å². The summed E-state index contributed by atoms with van der Waals surface area (Å²) in [7, 11) is 0. The minimum Gasteiger partial charge on any atom is -0.462 e. The first-order chi connectivity index (χ1) is 16.3. The molecule has 0 spiro atoms. The fourth-order valence-corrected chi connectivity index (χ4v) is 11.8. The Morgan fingerprint density at radius 3 is 2.17 bits per heavy atom. The Balaban J connectivity index is 1.51. The highest BCUT2D eigenvalue weighted by Gasteiger charge is 2.71. The van der Waals surface area contributed by atoms with Gasteiger partial charge in [-0.2, -0.15) is 0 Å². The number of carbonyl (C=O) groups is 2. The van der Waals surface area contributed by atoms with Crippen LogP contribution in [0.25, 0.3) is 0 Å². The molecule has 5 saturated carbocycles. The van der Waals surface area contributed by atoms with E-state index in [9.17, 15) is 9.59 Å². The third-order valence-corrected chi connectivity index (χ3v) is 13.6. The smallest absolute Gasteiger partial charge is 0.302 e. The molecule has 0 aliphatic heterocycles. The van der Waals surface area contributed by atoms with E-state index in [0.29, 0.717) is 35.0 Å². The molecular weight excluding hydrogens is 432 g/mol. The van der Waals surface area contributed by atoms with Crippen LogP contribution >= 0.6 is 0 Å². The third kappa shape index (κ3) is 3.21. The molecule has 10 atom stereocenters. The molecule has 5 fully saturated rings. The molecule has 0 amide bonds. The lowest BCUT2D eigenvalue weighted by Gasteiger charge is -2.72. The lowest BCUT2D eigenvalue weighted by Crippen LogP contribution is -2.66. The lowest BCUT2D eigenvalue weighted by molar-refractivity contribution is -0.247. The maximum absolute atomic E-state index is 12.6. The van der Waals surface area contributed by atoms with Gasteiger partial charge in [0.25, 0.3) is 0 Å². The van der Waals surface area contributed by atoms with Gasteiger partial charge in [0, 0.05) is 17.8 Å². The molecule has 0 aromatic heterocycles. The van der Waals surface area contributed by atoms with Crippen LogP contribution in [0.15, 0.2) is 12.2 Å². The highest BCUT2D eigenvalue weighted by molar-refractivity contribution is 5.66. The average Bonchev–Trinajstić information content (AvgIpc) is 3.16. The van der Waals surface area contributed by atoms with Crippen LogP contribution in [0, 0.1) is 56.7 Å². The number of ether oxygens (including phenoxy) is 1. The van der Waals surface area contributed by atoms with Crippen LogP contribution in [-0.2, 0) is 14.3 Å². The summed E-state index contributed by atoms with van der Waals surface area (Å²) in [5.41, 5.74) is 2.05. The molecule has 3 heteroatoms. The minimum atomic E-state index is -0.134. The van der Waals surface area contributed by atoms with E-state index in [-0.39, 0.29) is 33.7 Å². The predicted molar refractivity (Wildman–Crippen MR) is 141 cm³/mol. The van der Waals surface area contributed by atoms with Gasteiger partial charge in [-0.05, 0) is 117 Å². The fraction of sp³-hybridized carbons (Fsp3) is 0.875. The quantitative estimate of drug-likeness (QED) is 0.234. The van der Waals surface area contributed by atoms with Crippen molar-refractivity contribution in [2.45, 2.75) is 119 Å². The highest BCUT2D eigenvalue weighted by atomic mass is 16.5. The predicted octanol–water partition coefficient (Wildman–Crippen LogP) is 7.77. The number of carbonyl (C=O) groups excluding carboxylic acids is 2. The van der Waals surface area contributed by atoms with Gasteiger partial charge in [0.05, 0.1) is 0 Å². The first kappa shape index (κ1) is 25.5. The summed E-state index contributed by atoms with van der Waals surface area (Å²) in [5.74, 6) is 2.76. The van der Waals surface area contributed by atoms with Gasteiger partial charge in [-0.15, -0.1) is 0 Å². The molecule has 0 radical (unpaired) electrons. The van der Waals surface area contributed by atoms with Crippen LogP contribution in [0.5, 0.6) is 0 Å². The van der Waals surface area contributed by atoms with Gasteiger partial charge in [0.2, 0.25) is 0 Å². The summed E-state index contributed by atoms with van der Waals surface area (Å²) in [6, 6.07) is 0. The van der Waals surface area contributed by atoms with E-state index < -0.39 is 0 Å². The molecule has 5 rings (SSSR count). The van der Waals surface area contributed by atoms with Gasteiger partial charge in [-0.25, -0.2) is 0 Å². The van der Waals surface area contributed by atoms with E-state index in [0.717, 1.165) is 32.1 Å². The standard InChI is InChI=1S/C32H50O3/c1-20(2)22-11-16-32(19-33)18-17-30(7)23(27(22)32)9-10-25-29(6)14-13-26(35-21(3)34)28(4,5)24(29)12-15-31(25,30)8/h19,22-27H,1,9-18H2,2-8H3/t22-,23+,24-,25-,26-,27+,29-,30+,31+,32+/m0/s1. The molecule has 0 aromatic rings. The molecule has 5 aliphatic carbocycles. The molecular formula is C32H50O3. The molecule has 0 saturated heterocycles. The second kappa shape index (κ2) is 7.94. The first-order valence-electron chi connectivity index (χ1n) is 14.6. The number of hydrogen-bond donors (Lipinski definition) is 0. The highest BCUT2D eigenvalue weighted by Crippen LogP contribution is 2.77. The van der Waals surface area contributed by atoms with E-state index in [4.69, 9.17) is 4.74 Å². The van der Waals surface area contributed by atoms with Crippen molar-refractivity contribution in [2.24, 2.45) is 56.7 Å². The van der Waals surface area contributed by atoms with Gasteiger partial charge >= 0.3 is 5.97 Å². The molecule has 196 valence electrons. The lowest BCUT2D eigenvalue weighted by atomic mass is 9.32. The monoisotopic (exact) mass is 482 g/mol. The molecule has 0 heterocycles. The summed E-state index contributed by atoms with van der Waals surface area (Å²) < 4.78 is 5.89. The van der Waals surface area contributed by atoms with Gasteiger partial charge in [-0.1, -0.05) is 46.8 Å². The van der Waals surface area contributed by atoms with Crippen molar-refractivity contribution < 1.29 is 14.3 Å². The van der Waals surface area contributed by atoms with Gasteiger partial charge in [-0.3, -0.25) is 4.79 Å². The Morgan fingerprint density at radius 1 is 0.829 bits per heavy atom. The number of aldehydes is 1. The van der Waals surface area contributed by atoms with Crippen molar-refractivity contribution in [3.8, 4) is 0 Å². The Morgan fingerprint density at radius 2 is 1.54 bits per heavy atom. The second-order valence-electron chi connectivity index (χ2n) is 15.0. The Kier molecular flexibility index (Phi) is 5.79. The fourth-order valence-electron chi connectivity index (χ4n) is 11.8.